The van der Waals surface area contributed by atoms with Gasteiger partial charge in [0.1, 0.15) is 5.54 Å². The second kappa shape index (κ2) is 5.70. The Labute approximate surface area is 141 Å². The molecule has 128 valence electrons. The Morgan fingerprint density at radius 1 is 1.29 bits per heavy atom. The summed E-state index contributed by atoms with van der Waals surface area (Å²) in [5.41, 5.74) is 0.723. The zero-order valence-electron chi connectivity index (χ0n) is 14.3. The van der Waals surface area contributed by atoms with Gasteiger partial charge in [0.2, 0.25) is 11.8 Å². The Morgan fingerprint density at radius 2 is 1.96 bits per heavy atom. The van der Waals surface area contributed by atoms with Crippen molar-refractivity contribution in [2.45, 2.75) is 32.4 Å². The summed E-state index contributed by atoms with van der Waals surface area (Å²) in [5.74, 6) is -2.39. The first kappa shape index (κ1) is 16.6. The zero-order valence-corrected chi connectivity index (χ0v) is 14.3. The molecule has 0 saturated carbocycles. The molecule has 2 aliphatic heterocycles. The average molecular weight is 330 g/mol. The molecular weight excluding hydrogens is 308 g/mol. The third-order valence-corrected chi connectivity index (χ3v) is 5.33. The van der Waals surface area contributed by atoms with Gasteiger partial charge >= 0.3 is 5.97 Å². The summed E-state index contributed by atoms with van der Waals surface area (Å²) in [6, 6.07) is 7.31. The Balaban J connectivity index is 2.13. The van der Waals surface area contributed by atoms with E-state index in [4.69, 9.17) is 4.74 Å². The van der Waals surface area contributed by atoms with Gasteiger partial charge in [0.05, 0.1) is 18.9 Å². The summed E-state index contributed by atoms with van der Waals surface area (Å²) < 4.78 is 4.93. The molecule has 1 N–H and O–H groups in total. The van der Waals surface area contributed by atoms with Crippen LogP contribution >= 0.6 is 0 Å². The van der Waals surface area contributed by atoms with Gasteiger partial charge in [0.15, 0.2) is 0 Å². The van der Waals surface area contributed by atoms with E-state index >= 15 is 0 Å². The van der Waals surface area contributed by atoms with Crippen molar-refractivity contribution in [2.24, 2.45) is 11.8 Å². The number of hydrogen-bond acceptors (Lipinski definition) is 5. The molecule has 2 fully saturated rings. The van der Waals surface area contributed by atoms with Gasteiger partial charge in [-0.15, -0.1) is 0 Å². The van der Waals surface area contributed by atoms with E-state index in [2.05, 4.69) is 5.32 Å². The van der Waals surface area contributed by atoms with Crippen molar-refractivity contribution in [1.82, 2.24) is 10.2 Å². The van der Waals surface area contributed by atoms with Crippen molar-refractivity contribution >= 4 is 17.8 Å². The SMILES string of the molecule is CCN1C(=O)[C@@H]2[C@@H](C1=O)[C@](C)(C(=O)OC)N[C@H]2c1ccccc1C. The van der Waals surface area contributed by atoms with Crippen LogP contribution in [0.5, 0.6) is 0 Å². The molecule has 1 aromatic rings. The van der Waals surface area contributed by atoms with Crippen LogP contribution in [-0.2, 0) is 19.1 Å². The first-order valence-corrected chi connectivity index (χ1v) is 8.13. The number of carbonyl (C=O) groups excluding carboxylic acids is 3. The normalized spacial score (nSPS) is 32.2. The van der Waals surface area contributed by atoms with Crippen LogP contribution in [0.4, 0.5) is 0 Å². The molecule has 2 amide bonds. The molecule has 2 saturated heterocycles. The first-order valence-electron chi connectivity index (χ1n) is 8.13. The molecule has 6 heteroatoms. The molecule has 0 aromatic heterocycles. The number of aryl methyl sites for hydroxylation is 1. The molecule has 2 heterocycles. The van der Waals surface area contributed by atoms with Crippen molar-refractivity contribution in [1.29, 1.82) is 0 Å². The highest BCUT2D eigenvalue weighted by Crippen LogP contribution is 2.49. The van der Waals surface area contributed by atoms with E-state index in [0.717, 1.165) is 11.1 Å². The first-order chi connectivity index (χ1) is 11.4. The smallest absolute Gasteiger partial charge is 0.326 e. The van der Waals surface area contributed by atoms with Crippen molar-refractivity contribution in [3.63, 3.8) is 0 Å². The molecule has 0 unspecified atom stereocenters. The molecular formula is C18H22N2O4. The van der Waals surface area contributed by atoms with Gasteiger partial charge in [-0.3, -0.25) is 24.6 Å². The van der Waals surface area contributed by atoms with Gasteiger partial charge in [-0.25, -0.2) is 0 Å². The Bertz CT molecular complexity index is 717. The summed E-state index contributed by atoms with van der Waals surface area (Å²) in [7, 11) is 1.30. The van der Waals surface area contributed by atoms with Crippen LogP contribution in [0.1, 0.15) is 31.0 Å². The average Bonchev–Trinajstić information content (AvgIpc) is 3.02. The number of fused-ring (bicyclic) bond motifs is 1. The standard InChI is InChI=1S/C18H22N2O4/c1-5-20-15(21)12-13(16(20)22)18(3,17(23)24-4)19-14(12)11-9-7-6-8-10(11)2/h6-9,12-14,19H,5H2,1-4H3/t12-,13+,14+,18-/m1/s1. The van der Waals surface area contributed by atoms with E-state index in [0.29, 0.717) is 6.54 Å². The quantitative estimate of drug-likeness (QED) is 0.665. The van der Waals surface area contributed by atoms with Crippen molar-refractivity contribution in [3.05, 3.63) is 35.4 Å². The molecule has 2 aliphatic rings. The minimum Gasteiger partial charge on any atom is -0.468 e. The zero-order chi connectivity index (χ0) is 17.6. The number of likely N-dealkylation sites (tertiary alicyclic amines) is 1. The summed E-state index contributed by atoms with van der Waals surface area (Å²) in [6.45, 7) is 5.68. The number of imide groups is 1. The van der Waals surface area contributed by atoms with Crippen LogP contribution in [0.3, 0.4) is 0 Å². The fourth-order valence-corrected chi connectivity index (χ4v) is 4.11. The molecule has 1 aromatic carbocycles. The molecule has 0 aliphatic carbocycles. The third kappa shape index (κ3) is 2.09. The molecule has 6 nitrogen and oxygen atoms in total. The molecule has 3 rings (SSSR count). The van der Waals surface area contributed by atoms with Gasteiger partial charge in [0, 0.05) is 12.6 Å². The van der Waals surface area contributed by atoms with Gasteiger partial charge in [-0.05, 0) is 31.9 Å². The topological polar surface area (TPSA) is 75.7 Å². The lowest BCUT2D eigenvalue weighted by atomic mass is 9.80. The number of carbonyl (C=O) groups is 3. The fourth-order valence-electron chi connectivity index (χ4n) is 4.11. The van der Waals surface area contributed by atoms with Crippen LogP contribution in [-0.4, -0.2) is 41.9 Å². The molecule has 24 heavy (non-hydrogen) atoms. The van der Waals surface area contributed by atoms with E-state index in [1.54, 1.807) is 13.8 Å². The van der Waals surface area contributed by atoms with E-state index in [1.807, 2.05) is 31.2 Å². The number of nitrogens with zero attached hydrogens (tertiary/aromatic N) is 1. The predicted octanol–water partition coefficient (Wildman–Crippen LogP) is 1.19. The lowest BCUT2D eigenvalue weighted by Gasteiger charge is -2.28. The molecule has 4 atom stereocenters. The Morgan fingerprint density at radius 3 is 2.54 bits per heavy atom. The number of hydrogen-bond donors (Lipinski definition) is 1. The highest BCUT2D eigenvalue weighted by Gasteiger charge is 2.66. The van der Waals surface area contributed by atoms with Crippen molar-refractivity contribution < 1.29 is 19.1 Å². The van der Waals surface area contributed by atoms with Gasteiger partial charge in [-0.1, -0.05) is 24.3 Å². The van der Waals surface area contributed by atoms with E-state index in [-0.39, 0.29) is 11.8 Å². The van der Waals surface area contributed by atoms with Gasteiger partial charge < -0.3 is 4.74 Å². The maximum atomic E-state index is 12.8. The van der Waals surface area contributed by atoms with Crippen LogP contribution in [0.2, 0.25) is 0 Å². The number of ether oxygens (including phenoxy) is 1. The molecule has 0 radical (unpaired) electrons. The molecule has 0 spiro atoms. The monoisotopic (exact) mass is 330 g/mol. The number of benzene rings is 1. The maximum Gasteiger partial charge on any atom is 0.326 e. The number of nitrogens with one attached hydrogen (secondary N) is 1. The third-order valence-electron chi connectivity index (χ3n) is 5.33. The number of methoxy groups -OCH3 is 1. The summed E-state index contributed by atoms with van der Waals surface area (Å²) in [4.78, 5) is 39.3. The Hall–Kier alpha value is -2.21. The molecule has 0 bridgehead atoms. The van der Waals surface area contributed by atoms with Gasteiger partial charge in [0.25, 0.3) is 0 Å². The highest BCUT2D eigenvalue weighted by molar-refractivity contribution is 6.09. The van der Waals surface area contributed by atoms with Crippen LogP contribution in [0, 0.1) is 18.8 Å². The summed E-state index contributed by atoms with van der Waals surface area (Å²) >= 11 is 0. The summed E-state index contributed by atoms with van der Waals surface area (Å²) in [6.07, 6.45) is 0. The fraction of sp³-hybridized carbons (Fsp3) is 0.500. The van der Waals surface area contributed by atoms with E-state index < -0.39 is 29.4 Å². The van der Waals surface area contributed by atoms with E-state index in [1.165, 1.54) is 12.0 Å². The lowest BCUT2D eigenvalue weighted by Crippen LogP contribution is -2.53. The van der Waals surface area contributed by atoms with Crippen molar-refractivity contribution in [3.8, 4) is 0 Å². The Kier molecular flexibility index (Phi) is 3.95. The number of amides is 2. The van der Waals surface area contributed by atoms with Crippen LogP contribution in [0.25, 0.3) is 0 Å². The second-order valence-corrected chi connectivity index (χ2v) is 6.60. The highest BCUT2D eigenvalue weighted by atomic mass is 16.5. The minimum absolute atomic E-state index is 0.221. The lowest BCUT2D eigenvalue weighted by molar-refractivity contribution is -0.153. The largest absolute Gasteiger partial charge is 0.468 e. The minimum atomic E-state index is -1.22. The van der Waals surface area contributed by atoms with E-state index in [9.17, 15) is 14.4 Å². The number of rotatable bonds is 3. The van der Waals surface area contributed by atoms with Crippen molar-refractivity contribution in [2.75, 3.05) is 13.7 Å². The second-order valence-electron chi connectivity index (χ2n) is 6.60. The number of esters is 1. The maximum absolute atomic E-state index is 12.8. The van der Waals surface area contributed by atoms with Gasteiger partial charge in [-0.2, -0.15) is 0 Å². The predicted molar refractivity (Wildman–Crippen MR) is 86.9 cm³/mol. The van der Waals surface area contributed by atoms with Crippen LogP contribution < -0.4 is 5.32 Å². The summed E-state index contributed by atoms with van der Waals surface area (Å²) in [5, 5.41) is 3.24. The van der Waals surface area contributed by atoms with Crippen LogP contribution in [0.15, 0.2) is 24.3 Å².